The van der Waals surface area contributed by atoms with Crippen molar-refractivity contribution in [2.75, 3.05) is 18.0 Å². The molecule has 5 nitrogen and oxygen atoms in total. The molecular weight excluding hydrogens is 244 g/mol. The molecule has 2 fully saturated rings. The first-order valence-corrected chi connectivity index (χ1v) is 6.82. The third kappa shape index (κ3) is 2.18. The molecule has 1 aromatic rings. The topological polar surface area (TPSA) is 66.6 Å². The minimum absolute atomic E-state index is 0.00522. The zero-order chi connectivity index (χ0) is 13.4. The van der Waals surface area contributed by atoms with Gasteiger partial charge in [-0.05, 0) is 36.8 Å². The van der Waals surface area contributed by atoms with E-state index in [0.717, 1.165) is 30.6 Å². The molecule has 0 aromatic heterocycles. The second kappa shape index (κ2) is 4.81. The number of nitrogens with zero attached hydrogens (tertiary/aromatic N) is 2. The highest BCUT2D eigenvalue weighted by atomic mass is 16.6. The van der Waals surface area contributed by atoms with Crippen LogP contribution >= 0.6 is 0 Å². The lowest BCUT2D eigenvalue weighted by atomic mass is 10.0. The van der Waals surface area contributed by atoms with Crippen LogP contribution in [0.1, 0.15) is 24.8 Å². The van der Waals surface area contributed by atoms with Crippen LogP contribution in [0.2, 0.25) is 0 Å². The molecule has 0 amide bonds. The number of hydrogen-bond donors (Lipinski definition) is 1. The van der Waals surface area contributed by atoms with Gasteiger partial charge in [-0.3, -0.25) is 10.1 Å². The summed E-state index contributed by atoms with van der Waals surface area (Å²) in [5.41, 5.74) is 1.41. The SMILES string of the molecule is O=[N+]([O-])c1ccc(N2CC3CCCC3C2)cc1CO. The van der Waals surface area contributed by atoms with E-state index < -0.39 is 4.92 Å². The molecule has 19 heavy (non-hydrogen) atoms. The van der Waals surface area contributed by atoms with Gasteiger partial charge in [0.05, 0.1) is 17.1 Å². The smallest absolute Gasteiger partial charge is 0.275 e. The molecule has 0 spiro atoms. The van der Waals surface area contributed by atoms with Gasteiger partial charge in [-0.1, -0.05) is 6.42 Å². The van der Waals surface area contributed by atoms with Gasteiger partial charge >= 0.3 is 0 Å². The summed E-state index contributed by atoms with van der Waals surface area (Å²) >= 11 is 0. The van der Waals surface area contributed by atoms with Gasteiger partial charge in [-0.15, -0.1) is 0 Å². The normalized spacial score (nSPS) is 25.6. The lowest BCUT2D eigenvalue weighted by Gasteiger charge is -2.20. The number of aliphatic hydroxyl groups is 1. The summed E-state index contributed by atoms with van der Waals surface area (Å²) in [5, 5.41) is 20.1. The first-order chi connectivity index (χ1) is 9.19. The van der Waals surface area contributed by atoms with E-state index in [1.807, 2.05) is 0 Å². The zero-order valence-corrected chi connectivity index (χ0v) is 10.8. The highest BCUT2D eigenvalue weighted by Gasteiger charge is 2.36. The van der Waals surface area contributed by atoms with Crippen LogP contribution in [0, 0.1) is 22.0 Å². The summed E-state index contributed by atoms with van der Waals surface area (Å²) in [4.78, 5) is 12.7. The Kier molecular flexibility index (Phi) is 3.14. The average molecular weight is 262 g/mol. The quantitative estimate of drug-likeness (QED) is 0.670. The largest absolute Gasteiger partial charge is 0.391 e. The van der Waals surface area contributed by atoms with Crippen molar-refractivity contribution in [3.05, 3.63) is 33.9 Å². The highest BCUT2D eigenvalue weighted by molar-refractivity contribution is 5.56. The van der Waals surface area contributed by atoms with Crippen LogP contribution in [0.3, 0.4) is 0 Å². The monoisotopic (exact) mass is 262 g/mol. The fourth-order valence-corrected chi connectivity index (χ4v) is 3.52. The Balaban J connectivity index is 1.84. The standard InChI is InChI=1S/C14H18N2O3/c17-9-12-6-13(4-5-14(12)16(18)19)15-7-10-2-1-3-11(10)8-15/h4-6,10-11,17H,1-3,7-9H2. The summed E-state index contributed by atoms with van der Waals surface area (Å²) in [6.07, 6.45) is 3.95. The van der Waals surface area contributed by atoms with Crippen molar-refractivity contribution < 1.29 is 10.0 Å². The third-order valence-electron chi connectivity index (χ3n) is 4.52. The molecule has 2 aliphatic rings. The Morgan fingerprint density at radius 2 is 2.00 bits per heavy atom. The average Bonchev–Trinajstić information content (AvgIpc) is 2.98. The number of hydrogen-bond acceptors (Lipinski definition) is 4. The maximum atomic E-state index is 10.9. The van der Waals surface area contributed by atoms with Crippen molar-refractivity contribution in [2.24, 2.45) is 11.8 Å². The fraction of sp³-hybridized carbons (Fsp3) is 0.571. The van der Waals surface area contributed by atoms with E-state index in [4.69, 9.17) is 0 Å². The lowest BCUT2D eigenvalue weighted by molar-refractivity contribution is -0.385. The highest BCUT2D eigenvalue weighted by Crippen LogP contribution is 2.40. The van der Waals surface area contributed by atoms with Gasteiger partial charge in [-0.2, -0.15) is 0 Å². The molecule has 1 saturated carbocycles. The third-order valence-corrected chi connectivity index (χ3v) is 4.52. The minimum atomic E-state index is -0.436. The van der Waals surface area contributed by atoms with Gasteiger partial charge in [0.15, 0.2) is 0 Å². The van der Waals surface area contributed by atoms with Gasteiger partial charge in [0.2, 0.25) is 0 Å². The molecular formula is C14H18N2O3. The van der Waals surface area contributed by atoms with Crippen molar-refractivity contribution in [2.45, 2.75) is 25.9 Å². The Morgan fingerprint density at radius 3 is 2.58 bits per heavy atom. The predicted molar refractivity (Wildman–Crippen MR) is 72.1 cm³/mol. The molecule has 1 N–H and O–H groups in total. The molecule has 1 aliphatic carbocycles. The first-order valence-electron chi connectivity index (χ1n) is 6.82. The summed E-state index contributed by atoms with van der Waals surface area (Å²) < 4.78 is 0. The van der Waals surface area contributed by atoms with Crippen LogP contribution in [0.5, 0.6) is 0 Å². The van der Waals surface area contributed by atoms with Crippen LogP contribution in [-0.2, 0) is 6.61 Å². The summed E-state index contributed by atoms with van der Waals surface area (Å²) in [5.74, 6) is 1.57. The maximum Gasteiger partial charge on any atom is 0.275 e. The van der Waals surface area contributed by atoms with Crippen LogP contribution < -0.4 is 4.90 Å². The molecule has 1 saturated heterocycles. The number of nitro benzene ring substituents is 1. The summed E-state index contributed by atoms with van der Waals surface area (Å²) in [7, 11) is 0. The molecule has 0 radical (unpaired) electrons. The van der Waals surface area contributed by atoms with E-state index in [0.29, 0.717) is 5.56 Å². The van der Waals surface area contributed by atoms with Crippen molar-refractivity contribution in [3.63, 3.8) is 0 Å². The molecule has 2 atom stereocenters. The maximum absolute atomic E-state index is 10.9. The van der Waals surface area contributed by atoms with Gasteiger partial charge in [-0.25, -0.2) is 0 Å². The zero-order valence-electron chi connectivity index (χ0n) is 10.8. The number of rotatable bonds is 3. The lowest BCUT2D eigenvalue weighted by Crippen LogP contribution is -2.20. The van der Waals surface area contributed by atoms with E-state index in [-0.39, 0.29) is 12.3 Å². The van der Waals surface area contributed by atoms with E-state index in [1.54, 1.807) is 12.1 Å². The number of anilines is 1. The van der Waals surface area contributed by atoms with Crippen molar-refractivity contribution in [3.8, 4) is 0 Å². The van der Waals surface area contributed by atoms with Gasteiger partial charge in [0, 0.05) is 24.8 Å². The number of nitro groups is 1. The van der Waals surface area contributed by atoms with E-state index in [1.165, 1.54) is 25.3 Å². The van der Waals surface area contributed by atoms with Crippen molar-refractivity contribution in [1.29, 1.82) is 0 Å². The molecule has 2 unspecified atom stereocenters. The molecule has 5 heteroatoms. The molecule has 102 valence electrons. The van der Waals surface area contributed by atoms with Crippen LogP contribution in [0.15, 0.2) is 18.2 Å². The molecule has 1 aliphatic heterocycles. The van der Waals surface area contributed by atoms with Gasteiger partial charge in [0.1, 0.15) is 0 Å². The van der Waals surface area contributed by atoms with E-state index in [2.05, 4.69) is 4.90 Å². The van der Waals surface area contributed by atoms with Crippen LogP contribution in [-0.4, -0.2) is 23.1 Å². The van der Waals surface area contributed by atoms with Gasteiger partial charge in [0.25, 0.3) is 5.69 Å². The molecule has 1 heterocycles. The van der Waals surface area contributed by atoms with Gasteiger partial charge < -0.3 is 10.0 Å². The molecule has 0 bridgehead atoms. The first kappa shape index (κ1) is 12.4. The second-order valence-electron chi connectivity index (χ2n) is 5.58. The summed E-state index contributed by atoms with van der Waals surface area (Å²) in [6.45, 7) is 1.81. The number of aliphatic hydroxyl groups excluding tert-OH is 1. The van der Waals surface area contributed by atoms with Crippen LogP contribution in [0.4, 0.5) is 11.4 Å². The van der Waals surface area contributed by atoms with E-state index in [9.17, 15) is 15.2 Å². The molecule has 1 aromatic carbocycles. The predicted octanol–water partition coefficient (Wildman–Crippen LogP) is 2.32. The second-order valence-corrected chi connectivity index (χ2v) is 5.58. The Hall–Kier alpha value is -1.62. The van der Waals surface area contributed by atoms with Crippen molar-refractivity contribution >= 4 is 11.4 Å². The fourth-order valence-electron chi connectivity index (χ4n) is 3.52. The Labute approximate surface area is 112 Å². The van der Waals surface area contributed by atoms with E-state index >= 15 is 0 Å². The summed E-state index contributed by atoms with van der Waals surface area (Å²) in [6, 6.07) is 5.08. The number of fused-ring (bicyclic) bond motifs is 1. The van der Waals surface area contributed by atoms with Crippen molar-refractivity contribution in [1.82, 2.24) is 0 Å². The molecule has 3 rings (SSSR count). The Bertz CT molecular complexity index is 491. The number of benzene rings is 1. The minimum Gasteiger partial charge on any atom is -0.391 e. The Morgan fingerprint density at radius 1 is 1.32 bits per heavy atom. The van der Waals surface area contributed by atoms with Crippen LogP contribution in [0.25, 0.3) is 0 Å².